The minimum atomic E-state index is -0.0543. The lowest BCUT2D eigenvalue weighted by molar-refractivity contribution is 0.567. The number of nitrogens with zero attached hydrogens (tertiary/aromatic N) is 3. The molecule has 0 bridgehead atoms. The van der Waals surface area contributed by atoms with Crippen LogP contribution in [0, 0.1) is 0 Å². The lowest BCUT2D eigenvalue weighted by Crippen LogP contribution is -2.39. The molecule has 0 fully saturated rings. The molecular formula is C12H20ClN3O. The van der Waals surface area contributed by atoms with Crippen LogP contribution in [0.4, 0.5) is 5.82 Å². The quantitative estimate of drug-likeness (QED) is 0.760. The lowest BCUT2D eigenvalue weighted by Gasteiger charge is -2.27. The van der Waals surface area contributed by atoms with Gasteiger partial charge in [0, 0.05) is 36.9 Å². The minimum absolute atomic E-state index is 0.0543. The Labute approximate surface area is 107 Å². The third-order valence-corrected chi connectivity index (χ3v) is 2.80. The maximum Gasteiger partial charge on any atom is 0.293 e. The Morgan fingerprint density at radius 1 is 1.41 bits per heavy atom. The van der Waals surface area contributed by atoms with Crippen LogP contribution in [0.15, 0.2) is 17.2 Å². The van der Waals surface area contributed by atoms with Gasteiger partial charge in [-0.05, 0) is 27.7 Å². The van der Waals surface area contributed by atoms with Gasteiger partial charge in [-0.3, -0.25) is 4.79 Å². The van der Waals surface area contributed by atoms with Crippen molar-refractivity contribution < 1.29 is 0 Å². The van der Waals surface area contributed by atoms with Crippen LogP contribution in [0.25, 0.3) is 0 Å². The Hall–Kier alpha value is -1.03. The lowest BCUT2D eigenvalue weighted by atomic mass is 10.3. The van der Waals surface area contributed by atoms with Gasteiger partial charge < -0.3 is 9.47 Å². The highest BCUT2D eigenvalue weighted by Crippen LogP contribution is 2.10. The molecule has 0 N–H and O–H groups in total. The molecule has 0 amide bonds. The molecule has 0 atom stereocenters. The van der Waals surface area contributed by atoms with Crippen LogP contribution in [0.1, 0.15) is 33.7 Å². The van der Waals surface area contributed by atoms with Crippen molar-refractivity contribution in [1.29, 1.82) is 0 Å². The first-order valence-corrected chi connectivity index (χ1v) is 6.42. The Bertz CT molecular complexity index is 414. The van der Waals surface area contributed by atoms with Gasteiger partial charge in [-0.25, -0.2) is 4.98 Å². The number of hydrogen-bond acceptors (Lipinski definition) is 3. The summed E-state index contributed by atoms with van der Waals surface area (Å²) in [5.41, 5.74) is -0.0543. The molecule has 1 heterocycles. The van der Waals surface area contributed by atoms with Gasteiger partial charge in [0.05, 0.1) is 0 Å². The summed E-state index contributed by atoms with van der Waals surface area (Å²) in [5, 5.41) is 0. The van der Waals surface area contributed by atoms with Crippen LogP contribution < -0.4 is 10.5 Å². The second-order valence-corrected chi connectivity index (χ2v) is 4.91. The summed E-state index contributed by atoms with van der Waals surface area (Å²) in [6.45, 7) is 8.64. The van der Waals surface area contributed by atoms with Crippen LogP contribution in [0.3, 0.4) is 0 Å². The third kappa shape index (κ3) is 3.22. The second-order valence-electron chi connectivity index (χ2n) is 4.53. The Balaban J connectivity index is 3.20. The monoisotopic (exact) mass is 257 g/mol. The van der Waals surface area contributed by atoms with E-state index in [-0.39, 0.29) is 17.6 Å². The molecule has 4 nitrogen and oxygen atoms in total. The van der Waals surface area contributed by atoms with Crippen molar-refractivity contribution in [2.45, 2.75) is 39.8 Å². The number of halogens is 1. The predicted octanol–water partition coefficient (Wildman–Crippen LogP) is 2.28. The van der Waals surface area contributed by atoms with Crippen molar-refractivity contribution in [1.82, 2.24) is 9.55 Å². The second kappa shape index (κ2) is 6.05. The number of hydrogen-bond donors (Lipinski definition) is 0. The number of alkyl halides is 1. The normalized spacial score (nSPS) is 11.2. The van der Waals surface area contributed by atoms with Gasteiger partial charge >= 0.3 is 0 Å². The van der Waals surface area contributed by atoms with E-state index in [4.69, 9.17) is 11.6 Å². The average molecular weight is 258 g/mol. The Morgan fingerprint density at radius 3 is 2.53 bits per heavy atom. The molecule has 1 aromatic heterocycles. The van der Waals surface area contributed by atoms with Crippen LogP contribution >= 0.6 is 11.6 Å². The maximum atomic E-state index is 12.2. The van der Waals surface area contributed by atoms with E-state index in [0.29, 0.717) is 18.2 Å². The summed E-state index contributed by atoms with van der Waals surface area (Å²) in [6.07, 6.45) is 3.38. The summed E-state index contributed by atoms with van der Waals surface area (Å²) < 4.78 is 1.69. The summed E-state index contributed by atoms with van der Waals surface area (Å²) >= 11 is 5.77. The van der Waals surface area contributed by atoms with Crippen molar-refractivity contribution in [2.24, 2.45) is 0 Å². The molecule has 0 radical (unpaired) electrons. The zero-order chi connectivity index (χ0) is 13.0. The number of aromatic nitrogens is 2. The van der Waals surface area contributed by atoms with Gasteiger partial charge in [-0.2, -0.15) is 0 Å². The van der Waals surface area contributed by atoms with Crippen molar-refractivity contribution in [3.8, 4) is 0 Å². The molecule has 96 valence electrons. The van der Waals surface area contributed by atoms with E-state index in [9.17, 15) is 4.79 Å². The zero-order valence-electron chi connectivity index (χ0n) is 10.9. The summed E-state index contributed by atoms with van der Waals surface area (Å²) in [7, 11) is 0. The van der Waals surface area contributed by atoms with Gasteiger partial charge in [0.15, 0.2) is 5.82 Å². The smallest absolute Gasteiger partial charge is 0.293 e. The molecular weight excluding hydrogens is 238 g/mol. The van der Waals surface area contributed by atoms with Crippen LogP contribution in [-0.4, -0.2) is 28.0 Å². The first-order chi connectivity index (χ1) is 7.99. The molecule has 0 aliphatic rings. The van der Waals surface area contributed by atoms with E-state index < -0.39 is 0 Å². The van der Waals surface area contributed by atoms with Crippen molar-refractivity contribution >= 4 is 17.4 Å². The molecule has 5 heteroatoms. The van der Waals surface area contributed by atoms with E-state index in [1.807, 2.05) is 32.6 Å². The van der Waals surface area contributed by atoms with E-state index >= 15 is 0 Å². The minimum Gasteiger partial charge on any atom is -0.348 e. The fourth-order valence-electron chi connectivity index (χ4n) is 1.72. The van der Waals surface area contributed by atoms with Crippen molar-refractivity contribution in [3.05, 3.63) is 22.7 Å². The molecule has 0 aliphatic carbocycles. The summed E-state index contributed by atoms with van der Waals surface area (Å²) in [5.74, 6) is 0.965. The molecule has 0 aromatic carbocycles. The number of rotatable bonds is 5. The van der Waals surface area contributed by atoms with E-state index in [0.717, 1.165) is 0 Å². The van der Waals surface area contributed by atoms with Gasteiger partial charge in [0.1, 0.15) is 0 Å². The van der Waals surface area contributed by atoms with E-state index in [2.05, 4.69) is 4.98 Å². The standard InChI is InChI=1S/C12H20ClN3O/c1-9(2)15(7-5-13)11-12(17)16(10(3)4)8-6-14-11/h6,8-10H,5,7H2,1-4H3. The molecule has 0 saturated carbocycles. The molecule has 17 heavy (non-hydrogen) atoms. The molecule has 0 saturated heterocycles. The van der Waals surface area contributed by atoms with Crippen molar-refractivity contribution in [3.63, 3.8) is 0 Å². The zero-order valence-corrected chi connectivity index (χ0v) is 11.6. The fourth-order valence-corrected chi connectivity index (χ4v) is 1.90. The largest absolute Gasteiger partial charge is 0.348 e. The molecule has 0 spiro atoms. The van der Waals surface area contributed by atoms with Crippen LogP contribution in [0.5, 0.6) is 0 Å². The fraction of sp³-hybridized carbons (Fsp3) is 0.667. The SMILES string of the molecule is CC(C)N(CCCl)c1nccn(C(C)C)c1=O. The first-order valence-electron chi connectivity index (χ1n) is 5.88. The summed E-state index contributed by atoms with van der Waals surface area (Å²) in [6, 6.07) is 0.339. The van der Waals surface area contributed by atoms with Gasteiger partial charge in [-0.15, -0.1) is 11.6 Å². The molecule has 0 aliphatic heterocycles. The topological polar surface area (TPSA) is 38.1 Å². The highest BCUT2D eigenvalue weighted by atomic mass is 35.5. The highest BCUT2D eigenvalue weighted by molar-refractivity contribution is 6.18. The van der Waals surface area contributed by atoms with Gasteiger partial charge in [0.2, 0.25) is 0 Å². The molecule has 1 rings (SSSR count). The van der Waals surface area contributed by atoms with E-state index in [1.54, 1.807) is 17.0 Å². The highest BCUT2D eigenvalue weighted by Gasteiger charge is 2.16. The first kappa shape index (κ1) is 14.0. The average Bonchev–Trinajstić information content (AvgIpc) is 2.26. The third-order valence-electron chi connectivity index (χ3n) is 2.63. The van der Waals surface area contributed by atoms with Crippen LogP contribution in [-0.2, 0) is 0 Å². The van der Waals surface area contributed by atoms with Gasteiger partial charge in [-0.1, -0.05) is 0 Å². The maximum absolute atomic E-state index is 12.2. The predicted molar refractivity (Wildman–Crippen MR) is 72.1 cm³/mol. The van der Waals surface area contributed by atoms with Gasteiger partial charge in [0.25, 0.3) is 5.56 Å². The summed E-state index contributed by atoms with van der Waals surface area (Å²) in [4.78, 5) is 18.4. The molecule has 1 aromatic rings. The Morgan fingerprint density at radius 2 is 2.06 bits per heavy atom. The van der Waals surface area contributed by atoms with Crippen molar-refractivity contribution in [2.75, 3.05) is 17.3 Å². The van der Waals surface area contributed by atoms with E-state index in [1.165, 1.54) is 0 Å². The van der Waals surface area contributed by atoms with Crippen LogP contribution in [0.2, 0.25) is 0 Å². The number of anilines is 1. The molecule has 0 unspecified atom stereocenters. The Kier molecular flexibility index (Phi) is 5.00.